The van der Waals surface area contributed by atoms with Crippen molar-refractivity contribution in [1.82, 2.24) is 19.8 Å². The molecule has 1 aliphatic rings. The summed E-state index contributed by atoms with van der Waals surface area (Å²) in [5.41, 5.74) is 2.06. The zero-order valence-corrected chi connectivity index (χ0v) is 13.5. The van der Waals surface area contributed by atoms with E-state index in [2.05, 4.69) is 34.0 Å². The minimum atomic E-state index is 0.140. The van der Waals surface area contributed by atoms with Crippen molar-refractivity contribution >= 4 is 5.91 Å². The molecule has 23 heavy (non-hydrogen) atoms. The van der Waals surface area contributed by atoms with Gasteiger partial charge < -0.3 is 14.6 Å². The van der Waals surface area contributed by atoms with Gasteiger partial charge in [-0.15, -0.1) is 0 Å². The number of H-pyrrole nitrogens is 1. The van der Waals surface area contributed by atoms with Crippen LogP contribution >= 0.6 is 0 Å². The molecule has 0 radical (unpaired) electrons. The van der Waals surface area contributed by atoms with Gasteiger partial charge in [0.05, 0.1) is 25.9 Å². The summed E-state index contributed by atoms with van der Waals surface area (Å²) < 4.78 is 5.21. The number of hydrogen-bond donors (Lipinski definition) is 1. The predicted molar refractivity (Wildman–Crippen MR) is 87.2 cm³/mol. The Kier molecular flexibility index (Phi) is 4.62. The molecule has 0 saturated carbocycles. The van der Waals surface area contributed by atoms with Crippen LogP contribution in [0.15, 0.2) is 36.8 Å². The van der Waals surface area contributed by atoms with Gasteiger partial charge in [-0.05, 0) is 24.7 Å². The normalized spacial score (nSPS) is 18.9. The molecule has 1 amide bonds. The first-order chi connectivity index (χ1) is 11.2. The van der Waals surface area contributed by atoms with Crippen LogP contribution in [0.3, 0.4) is 0 Å². The molecular formula is C17H22N4O2. The van der Waals surface area contributed by atoms with Crippen LogP contribution in [0, 0.1) is 0 Å². The predicted octanol–water partition coefficient (Wildman–Crippen LogP) is 1.48. The number of ether oxygens (including phenoxy) is 1. The van der Waals surface area contributed by atoms with Crippen LogP contribution in [0.25, 0.3) is 0 Å². The fourth-order valence-corrected chi connectivity index (χ4v) is 2.94. The molecule has 122 valence electrons. The Morgan fingerprint density at radius 2 is 2.13 bits per heavy atom. The molecule has 0 aliphatic carbocycles. The van der Waals surface area contributed by atoms with Crippen molar-refractivity contribution in [3.8, 4) is 5.75 Å². The number of aromatic nitrogens is 2. The summed E-state index contributed by atoms with van der Waals surface area (Å²) in [5, 5.41) is 0. The molecule has 0 bridgehead atoms. The highest BCUT2D eigenvalue weighted by Crippen LogP contribution is 2.26. The summed E-state index contributed by atoms with van der Waals surface area (Å²) in [6.45, 7) is 2.33. The van der Waals surface area contributed by atoms with Crippen molar-refractivity contribution < 1.29 is 9.53 Å². The van der Waals surface area contributed by atoms with Gasteiger partial charge in [0.1, 0.15) is 5.75 Å². The maximum absolute atomic E-state index is 12.5. The SMILES string of the molecule is COc1ccc([C@@H]2CN(C(=O)Cc3cnc[nH]3)CCN2C)cc1. The third-order valence-electron chi connectivity index (χ3n) is 4.40. The molecule has 1 aliphatic heterocycles. The van der Waals surface area contributed by atoms with Crippen LogP contribution in [0.1, 0.15) is 17.3 Å². The molecule has 1 saturated heterocycles. The van der Waals surface area contributed by atoms with E-state index in [1.807, 2.05) is 17.0 Å². The molecule has 2 heterocycles. The lowest BCUT2D eigenvalue weighted by atomic mass is 10.0. The lowest BCUT2D eigenvalue weighted by Crippen LogP contribution is -2.49. The highest BCUT2D eigenvalue weighted by atomic mass is 16.5. The second-order valence-corrected chi connectivity index (χ2v) is 5.86. The summed E-state index contributed by atoms with van der Waals surface area (Å²) in [4.78, 5) is 23.7. The van der Waals surface area contributed by atoms with Gasteiger partial charge in [0, 0.05) is 31.5 Å². The number of hydrogen-bond acceptors (Lipinski definition) is 4. The van der Waals surface area contributed by atoms with Crippen molar-refractivity contribution in [3.05, 3.63) is 48.0 Å². The standard InChI is InChI=1S/C17H22N4O2/c1-20-7-8-21(17(22)9-14-10-18-12-19-14)11-16(20)13-3-5-15(23-2)6-4-13/h3-6,10,12,16H,7-9,11H2,1-2H3,(H,18,19)/t16-/m0/s1. The molecule has 1 aromatic carbocycles. The summed E-state index contributed by atoms with van der Waals surface area (Å²) in [7, 11) is 3.77. The summed E-state index contributed by atoms with van der Waals surface area (Å²) in [6, 6.07) is 8.29. The van der Waals surface area contributed by atoms with Crippen LogP contribution in [-0.2, 0) is 11.2 Å². The van der Waals surface area contributed by atoms with Crippen LogP contribution < -0.4 is 4.74 Å². The zero-order chi connectivity index (χ0) is 16.2. The molecule has 1 fully saturated rings. The first-order valence-electron chi connectivity index (χ1n) is 7.76. The topological polar surface area (TPSA) is 61.5 Å². The Morgan fingerprint density at radius 3 is 2.78 bits per heavy atom. The van der Waals surface area contributed by atoms with Crippen LogP contribution in [0.2, 0.25) is 0 Å². The molecule has 6 heteroatoms. The van der Waals surface area contributed by atoms with Crippen LogP contribution in [0.4, 0.5) is 0 Å². The average Bonchev–Trinajstić information content (AvgIpc) is 3.08. The quantitative estimate of drug-likeness (QED) is 0.928. The Balaban J connectivity index is 1.69. The van der Waals surface area contributed by atoms with Gasteiger partial charge in [-0.1, -0.05) is 12.1 Å². The van der Waals surface area contributed by atoms with E-state index < -0.39 is 0 Å². The molecule has 1 N–H and O–H groups in total. The van der Waals surface area contributed by atoms with Crippen LogP contribution in [-0.4, -0.2) is 59.5 Å². The Morgan fingerprint density at radius 1 is 1.35 bits per heavy atom. The number of aromatic amines is 1. The average molecular weight is 314 g/mol. The minimum absolute atomic E-state index is 0.140. The Hall–Kier alpha value is -2.34. The van der Waals surface area contributed by atoms with E-state index in [-0.39, 0.29) is 11.9 Å². The molecule has 6 nitrogen and oxygen atoms in total. The van der Waals surface area contributed by atoms with Crippen molar-refractivity contribution in [2.24, 2.45) is 0 Å². The van der Waals surface area contributed by atoms with Gasteiger partial charge in [0.2, 0.25) is 5.91 Å². The molecule has 0 spiro atoms. The number of imidazole rings is 1. The summed E-state index contributed by atoms with van der Waals surface area (Å²) in [5.74, 6) is 0.986. The second kappa shape index (κ2) is 6.83. The van der Waals surface area contributed by atoms with E-state index in [0.29, 0.717) is 13.0 Å². The van der Waals surface area contributed by atoms with Gasteiger partial charge in [0.15, 0.2) is 0 Å². The molecule has 2 aromatic rings. The number of carbonyl (C=O) groups excluding carboxylic acids is 1. The minimum Gasteiger partial charge on any atom is -0.497 e. The number of likely N-dealkylation sites (N-methyl/N-ethyl adjacent to an activating group) is 1. The van der Waals surface area contributed by atoms with Crippen molar-refractivity contribution in [1.29, 1.82) is 0 Å². The number of rotatable bonds is 4. The Labute approximate surface area is 136 Å². The van der Waals surface area contributed by atoms with E-state index in [0.717, 1.165) is 24.5 Å². The van der Waals surface area contributed by atoms with Crippen molar-refractivity contribution in [3.63, 3.8) is 0 Å². The monoisotopic (exact) mass is 314 g/mol. The first-order valence-corrected chi connectivity index (χ1v) is 7.76. The molecule has 3 rings (SSSR count). The zero-order valence-electron chi connectivity index (χ0n) is 13.5. The van der Waals surface area contributed by atoms with Crippen LogP contribution in [0.5, 0.6) is 5.75 Å². The lowest BCUT2D eigenvalue weighted by Gasteiger charge is -2.39. The van der Waals surface area contributed by atoms with Gasteiger partial charge in [-0.25, -0.2) is 4.98 Å². The third kappa shape index (κ3) is 3.53. The van der Waals surface area contributed by atoms with Gasteiger partial charge >= 0.3 is 0 Å². The maximum Gasteiger partial charge on any atom is 0.228 e. The fourth-order valence-electron chi connectivity index (χ4n) is 2.94. The van der Waals surface area contributed by atoms with E-state index in [4.69, 9.17) is 4.74 Å². The van der Waals surface area contributed by atoms with Crippen molar-refractivity contribution in [2.75, 3.05) is 33.8 Å². The largest absolute Gasteiger partial charge is 0.497 e. The fraction of sp³-hybridized carbons (Fsp3) is 0.412. The van der Waals surface area contributed by atoms with E-state index in [9.17, 15) is 4.79 Å². The summed E-state index contributed by atoms with van der Waals surface area (Å²) >= 11 is 0. The number of methoxy groups -OCH3 is 1. The van der Waals surface area contributed by atoms with Gasteiger partial charge in [-0.2, -0.15) is 0 Å². The Bertz CT molecular complexity index is 639. The smallest absolute Gasteiger partial charge is 0.228 e. The van der Waals surface area contributed by atoms with Gasteiger partial charge in [-0.3, -0.25) is 9.69 Å². The number of carbonyl (C=O) groups is 1. The number of piperazine rings is 1. The highest BCUT2D eigenvalue weighted by molar-refractivity contribution is 5.78. The number of nitrogens with one attached hydrogen (secondary N) is 1. The molecular weight excluding hydrogens is 292 g/mol. The number of benzene rings is 1. The molecule has 1 aromatic heterocycles. The van der Waals surface area contributed by atoms with E-state index in [1.54, 1.807) is 19.6 Å². The maximum atomic E-state index is 12.5. The lowest BCUT2D eigenvalue weighted by molar-refractivity contribution is -0.133. The van der Waals surface area contributed by atoms with E-state index >= 15 is 0 Å². The van der Waals surface area contributed by atoms with E-state index in [1.165, 1.54) is 5.56 Å². The van der Waals surface area contributed by atoms with Gasteiger partial charge in [0.25, 0.3) is 0 Å². The molecule has 0 unspecified atom stereocenters. The first kappa shape index (κ1) is 15.6. The molecule has 1 atom stereocenters. The number of amides is 1. The van der Waals surface area contributed by atoms with Crippen molar-refractivity contribution in [2.45, 2.75) is 12.5 Å². The summed E-state index contributed by atoms with van der Waals surface area (Å²) in [6.07, 6.45) is 3.68. The number of nitrogens with zero attached hydrogens (tertiary/aromatic N) is 3. The second-order valence-electron chi connectivity index (χ2n) is 5.86. The third-order valence-corrected chi connectivity index (χ3v) is 4.40. The highest BCUT2D eigenvalue weighted by Gasteiger charge is 2.28.